The fourth-order valence-corrected chi connectivity index (χ4v) is 3.37. The molecule has 0 saturated carbocycles. The van der Waals surface area contributed by atoms with Gasteiger partial charge in [0.25, 0.3) is 11.8 Å². The van der Waals surface area contributed by atoms with Crippen LogP contribution in [0.3, 0.4) is 0 Å². The zero-order chi connectivity index (χ0) is 21.8. The SMILES string of the molecule is Cn1cccc1C(=O)[N]c1ccc2c(C(=O)NCc3ccc(C#N)cc3)cccc2c1. The summed E-state index contributed by atoms with van der Waals surface area (Å²) in [6, 6.07) is 23.5. The van der Waals surface area contributed by atoms with Crippen molar-refractivity contribution in [2.75, 3.05) is 0 Å². The van der Waals surface area contributed by atoms with Gasteiger partial charge in [0.1, 0.15) is 5.69 Å². The molecule has 4 rings (SSSR count). The van der Waals surface area contributed by atoms with Gasteiger partial charge in [-0.3, -0.25) is 9.59 Å². The van der Waals surface area contributed by atoms with E-state index in [2.05, 4.69) is 16.7 Å². The lowest BCUT2D eigenvalue weighted by atomic mass is 10.0. The third-order valence-electron chi connectivity index (χ3n) is 5.04. The summed E-state index contributed by atoms with van der Waals surface area (Å²) in [7, 11) is 1.80. The summed E-state index contributed by atoms with van der Waals surface area (Å²) >= 11 is 0. The molecule has 1 radical (unpaired) electrons. The average Bonchev–Trinajstić information content (AvgIpc) is 3.23. The second-order valence-electron chi connectivity index (χ2n) is 7.12. The number of nitrogens with one attached hydrogen (secondary N) is 1. The fourth-order valence-electron chi connectivity index (χ4n) is 3.37. The van der Waals surface area contributed by atoms with Gasteiger partial charge in [0.05, 0.1) is 17.3 Å². The number of rotatable bonds is 5. The molecule has 1 heterocycles. The number of benzene rings is 3. The van der Waals surface area contributed by atoms with Gasteiger partial charge in [0.2, 0.25) is 0 Å². The summed E-state index contributed by atoms with van der Waals surface area (Å²) in [5.41, 5.74) is 3.08. The summed E-state index contributed by atoms with van der Waals surface area (Å²) < 4.78 is 1.73. The van der Waals surface area contributed by atoms with E-state index in [-0.39, 0.29) is 11.8 Å². The molecule has 0 fully saturated rings. The van der Waals surface area contributed by atoms with E-state index in [1.807, 2.05) is 30.3 Å². The molecular weight excluding hydrogens is 388 g/mol. The average molecular weight is 407 g/mol. The van der Waals surface area contributed by atoms with Gasteiger partial charge in [-0.2, -0.15) is 5.26 Å². The number of nitrogens with zero attached hydrogens (tertiary/aromatic N) is 3. The highest BCUT2D eigenvalue weighted by Crippen LogP contribution is 2.23. The van der Waals surface area contributed by atoms with Crippen LogP contribution in [0.2, 0.25) is 0 Å². The fraction of sp³-hybridized carbons (Fsp3) is 0.0800. The quantitative estimate of drug-likeness (QED) is 0.541. The first kappa shape index (κ1) is 19.9. The minimum absolute atomic E-state index is 0.195. The predicted octanol–water partition coefficient (Wildman–Crippen LogP) is 4.06. The Morgan fingerprint density at radius 1 is 1.03 bits per heavy atom. The van der Waals surface area contributed by atoms with Crippen LogP contribution in [-0.2, 0) is 13.6 Å². The van der Waals surface area contributed by atoms with E-state index in [4.69, 9.17) is 5.26 Å². The Kier molecular flexibility index (Phi) is 5.50. The van der Waals surface area contributed by atoms with E-state index >= 15 is 0 Å². The molecule has 3 aromatic carbocycles. The molecule has 0 saturated heterocycles. The van der Waals surface area contributed by atoms with Gasteiger partial charge in [-0.1, -0.05) is 30.3 Å². The molecule has 0 unspecified atom stereocenters. The van der Waals surface area contributed by atoms with Gasteiger partial charge in [-0.15, -0.1) is 0 Å². The van der Waals surface area contributed by atoms with Crippen molar-refractivity contribution in [3.63, 3.8) is 0 Å². The van der Waals surface area contributed by atoms with Crippen molar-refractivity contribution in [3.8, 4) is 6.07 Å². The number of carbonyl (C=O) groups excluding carboxylic acids is 2. The number of nitriles is 1. The number of aryl methyl sites for hydroxylation is 1. The van der Waals surface area contributed by atoms with Crippen LogP contribution in [0, 0.1) is 11.3 Å². The van der Waals surface area contributed by atoms with E-state index in [9.17, 15) is 9.59 Å². The standard InChI is InChI=1S/C25H19N4O2/c1-29-13-3-6-23(29)25(31)28-20-11-12-21-19(14-20)4-2-5-22(21)24(30)27-16-18-9-7-17(15-26)8-10-18/h2-14H,16H2,1H3,(H,27,30). The van der Waals surface area contributed by atoms with E-state index < -0.39 is 0 Å². The first-order chi connectivity index (χ1) is 15.0. The van der Waals surface area contributed by atoms with Crippen LogP contribution < -0.4 is 10.6 Å². The largest absolute Gasteiger partial charge is 0.348 e. The van der Waals surface area contributed by atoms with Gasteiger partial charge < -0.3 is 9.88 Å². The molecule has 0 aliphatic heterocycles. The van der Waals surface area contributed by atoms with Gasteiger partial charge in [0.15, 0.2) is 0 Å². The van der Waals surface area contributed by atoms with E-state index in [0.717, 1.165) is 16.3 Å². The maximum absolute atomic E-state index is 12.8. The number of carbonyl (C=O) groups is 2. The van der Waals surface area contributed by atoms with E-state index in [0.29, 0.717) is 29.1 Å². The highest BCUT2D eigenvalue weighted by atomic mass is 16.2. The second-order valence-corrected chi connectivity index (χ2v) is 7.12. The number of hydrogen-bond acceptors (Lipinski definition) is 3. The summed E-state index contributed by atoms with van der Waals surface area (Å²) in [5, 5.41) is 17.6. The van der Waals surface area contributed by atoms with Crippen LogP contribution in [0.25, 0.3) is 10.8 Å². The first-order valence-electron chi connectivity index (χ1n) is 9.72. The third-order valence-corrected chi connectivity index (χ3v) is 5.04. The summed E-state index contributed by atoms with van der Waals surface area (Å²) in [4.78, 5) is 25.2. The molecule has 6 nitrogen and oxygen atoms in total. The number of fused-ring (bicyclic) bond motifs is 1. The lowest BCUT2D eigenvalue weighted by molar-refractivity contribution is 0.0947. The van der Waals surface area contributed by atoms with Crippen molar-refractivity contribution in [1.82, 2.24) is 15.2 Å². The molecule has 6 heteroatoms. The molecule has 1 aromatic heterocycles. The van der Waals surface area contributed by atoms with Crippen molar-refractivity contribution in [3.05, 3.63) is 101 Å². The Morgan fingerprint density at radius 3 is 2.55 bits per heavy atom. The van der Waals surface area contributed by atoms with Crippen LogP contribution in [0.15, 0.2) is 79.0 Å². The van der Waals surface area contributed by atoms with Crippen molar-refractivity contribution >= 4 is 28.3 Å². The molecule has 0 bridgehead atoms. The number of amides is 2. The van der Waals surface area contributed by atoms with Gasteiger partial charge >= 0.3 is 0 Å². The minimum Gasteiger partial charge on any atom is -0.348 e. The van der Waals surface area contributed by atoms with Crippen LogP contribution in [0.4, 0.5) is 5.69 Å². The molecule has 151 valence electrons. The summed E-state index contributed by atoms with van der Waals surface area (Å²) in [6.45, 7) is 0.361. The third kappa shape index (κ3) is 4.31. The molecule has 1 N–H and O–H groups in total. The molecule has 31 heavy (non-hydrogen) atoms. The van der Waals surface area contributed by atoms with Crippen LogP contribution >= 0.6 is 0 Å². The Bertz CT molecular complexity index is 1310. The monoisotopic (exact) mass is 407 g/mol. The Labute approximate surface area is 179 Å². The van der Waals surface area contributed by atoms with Crippen molar-refractivity contribution in [2.24, 2.45) is 7.05 Å². The second kappa shape index (κ2) is 8.56. The molecule has 0 atom stereocenters. The highest BCUT2D eigenvalue weighted by Gasteiger charge is 2.14. The highest BCUT2D eigenvalue weighted by molar-refractivity contribution is 6.07. The van der Waals surface area contributed by atoms with Crippen LogP contribution in [-0.4, -0.2) is 16.4 Å². The first-order valence-corrected chi connectivity index (χ1v) is 9.72. The van der Waals surface area contributed by atoms with Gasteiger partial charge in [0, 0.05) is 25.4 Å². The number of aromatic nitrogens is 1. The van der Waals surface area contributed by atoms with Gasteiger partial charge in [-0.05, 0) is 58.8 Å². The van der Waals surface area contributed by atoms with Crippen LogP contribution in [0.1, 0.15) is 32.0 Å². The Morgan fingerprint density at radius 2 is 1.84 bits per heavy atom. The molecule has 0 aliphatic carbocycles. The summed E-state index contributed by atoms with van der Waals surface area (Å²) in [6.07, 6.45) is 1.80. The number of hydrogen-bond donors (Lipinski definition) is 1. The van der Waals surface area contributed by atoms with Crippen molar-refractivity contribution < 1.29 is 9.59 Å². The minimum atomic E-state index is -0.317. The van der Waals surface area contributed by atoms with Gasteiger partial charge in [-0.25, -0.2) is 5.32 Å². The predicted molar refractivity (Wildman–Crippen MR) is 118 cm³/mol. The Hall–Kier alpha value is -4.37. The smallest absolute Gasteiger partial charge is 0.294 e. The van der Waals surface area contributed by atoms with Crippen molar-refractivity contribution in [2.45, 2.75) is 6.54 Å². The van der Waals surface area contributed by atoms with E-state index in [1.165, 1.54) is 0 Å². The van der Waals surface area contributed by atoms with Crippen LogP contribution in [0.5, 0.6) is 0 Å². The molecule has 0 aliphatic rings. The molecule has 0 spiro atoms. The molecular formula is C25H19N4O2. The topological polar surface area (TPSA) is 89.0 Å². The maximum atomic E-state index is 12.8. The lowest BCUT2D eigenvalue weighted by Crippen LogP contribution is -2.23. The zero-order valence-electron chi connectivity index (χ0n) is 16.9. The Balaban J connectivity index is 1.50. The maximum Gasteiger partial charge on any atom is 0.294 e. The normalized spacial score (nSPS) is 10.5. The summed E-state index contributed by atoms with van der Waals surface area (Å²) in [5.74, 6) is -0.511. The zero-order valence-corrected chi connectivity index (χ0v) is 16.9. The molecule has 4 aromatic rings. The van der Waals surface area contributed by atoms with E-state index in [1.54, 1.807) is 60.3 Å². The lowest BCUT2D eigenvalue weighted by Gasteiger charge is -2.10. The molecule has 2 amide bonds. The van der Waals surface area contributed by atoms with Crippen molar-refractivity contribution in [1.29, 1.82) is 5.26 Å².